The number of nitrogens with zero attached hydrogens (tertiary/aromatic N) is 3. The Balaban J connectivity index is 1.87. The van der Waals surface area contributed by atoms with Gasteiger partial charge in [0.25, 0.3) is 0 Å². The van der Waals surface area contributed by atoms with Crippen LogP contribution in [-0.2, 0) is 0 Å². The van der Waals surface area contributed by atoms with Crippen molar-refractivity contribution in [2.24, 2.45) is 5.92 Å². The Kier molecular flexibility index (Phi) is 1.59. The molecule has 68 valence electrons. The normalized spacial score (nSPS) is 36.8. The Labute approximate surface area is 77.8 Å². The lowest BCUT2D eigenvalue weighted by molar-refractivity contribution is 0.343. The molecule has 13 heavy (non-hydrogen) atoms. The van der Waals surface area contributed by atoms with Gasteiger partial charge in [0, 0.05) is 37.6 Å². The van der Waals surface area contributed by atoms with Crippen molar-refractivity contribution < 1.29 is 0 Å². The van der Waals surface area contributed by atoms with Crippen LogP contribution in [0.2, 0.25) is 0 Å². The molecular weight excluding hydrogens is 162 g/mol. The molecule has 3 heteroatoms. The van der Waals surface area contributed by atoms with Crippen molar-refractivity contribution in [2.75, 3.05) is 19.6 Å². The summed E-state index contributed by atoms with van der Waals surface area (Å²) in [4.78, 5) is 11.1. The SMILES string of the molecule is c1cnc(C2CN3CCC2C3)cn1. The minimum Gasteiger partial charge on any atom is -0.302 e. The standard InChI is InChI=1S/C10H13N3/c1-4-13-6-8(1)9(7-13)10-5-11-2-3-12-10/h2-3,5,8-9H,1,4,6-7H2. The zero-order chi connectivity index (χ0) is 8.67. The summed E-state index contributed by atoms with van der Waals surface area (Å²) in [5.74, 6) is 1.50. The fourth-order valence-electron chi connectivity index (χ4n) is 2.62. The van der Waals surface area contributed by atoms with Gasteiger partial charge in [-0.25, -0.2) is 0 Å². The molecule has 3 unspecified atom stereocenters. The van der Waals surface area contributed by atoms with Gasteiger partial charge in [-0.1, -0.05) is 0 Å². The fourth-order valence-corrected chi connectivity index (χ4v) is 2.62. The van der Waals surface area contributed by atoms with Gasteiger partial charge in [-0.3, -0.25) is 9.97 Å². The van der Waals surface area contributed by atoms with Crippen LogP contribution in [-0.4, -0.2) is 34.5 Å². The van der Waals surface area contributed by atoms with Crippen molar-refractivity contribution in [1.29, 1.82) is 0 Å². The molecule has 1 aromatic heterocycles. The first-order chi connectivity index (χ1) is 6.43. The maximum atomic E-state index is 4.39. The van der Waals surface area contributed by atoms with E-state index in [1.165, 1.54) is 31.7 Å². The van der Waals surface area contributed by atoms with E-state index >= 15 is 0 Å². The molecule has 0 spiro atoms. The zero-order valence-corrected chi connectivity index (χ0v) is 7.56. The summed E-state index contributed by atoms with van der Waals surface area (Å²) in [5.41, 5.74) is 1.19. The Morgan fingerprint density at radius 1 is 1.31 bits per heavy atom. The summed E-state index contributed by atoms with van der Waals surface area (Å²) < 4.78 is 0. The van der Waals surface area contributed by atoms with Crippen LogP contribution in [0.5, 0.6) is 0 Å². The maximum Gasteiger partial charge on any atom is 0.0633 e. The number of fused-ring (bicyclic) bond motifs is 2. The summed E-state index contributed by atoms with van der Waals surface area (Å²) >= 11 is 0. The number of rotatable bonds is 1. The van der Waals surface area contributed by atoms with E-state index in [0.29, 0.717) is 5.92 Å². The van der Waals surface area contributed by atoms with Gasteiger partial charge in [0.05, 0.1) is 5.69 Å². The molecule has 0 amide bonds. The van der Waals surface area contributed by atoms with Gasteiger partial charge in [-0.05, 0) is 18.9 Å². The Hall–Kier alpha value is -0.960. The second-order valence-corrected chi connectivity index (χ2v) is 4.05. The van der Waals surface area contributed by atoms with Gasteiger partial charge in [-0.2, -0.15) is 0 Å². The second kappa shape index (κ2) is 2.77. The van der Waals surface area contributed by atoms with E-state index in [9.17, 15) is 0 Å². The quantitative estimate of drug-likeness (QED) is 0.635. The number of piperidine rings is 1. The number of hydrogen-bond donors (Lipinski definition) is 0. The van der Waals surface area contributed by atoms with Crippen LogP contribution in [0.15, 0.2) is 18.6 Å². The predicted molar refractivity (Wildman–Crippen MR) is 49.3 cm³/mol. The summed E-state index contributed by atoms with van der Waals surface area (Å²) in [7, 11) is 0. The van der Waals surface area contributed by atoms with E-state index in [0.717, 1.165) is 5.92 Å². The molecule has 2 saturated heterocycles. The second-order valence-electron chi connectivity index (χ2n) is 4.05. The molecule has 1 aromatic rings. The minimum atomic E-state index is 0.655. The molecule has 3 heterocycles. The average molecular weight is 175 g/mol. The third kappa shape index (κ3) is 1.15. The molecule has 2 aliphatic rings. The highest BCUT2D eigenvalue weighted by molar-refractivity contribution is 5.11. The van der Waals surface area contributed by atoms with Gasteiger partial charge >= 0.3 is 0 Å². The van der Waals surface area contributed by atoms with Crippen LogP contribution in [0.1, 0.15) is 18.0 Å². The van der Waals surface area contributed by atoms with Crippen molar-refractivity contribution in [2.45, 2.75) is 12.3 Å². The molecule has 3 rings (SSSR count). The Morgan fingerprint density at radius 2 is 2.31 bits per heavy atom. The fraction of sp³-hybridized carbons (Fsp3) is 0.600. The van der Waals surface area contributed by atoms with Crippen LogP contribution in [0.4, 0.5) is 0 Å². The first-order valence-electron chi connectivity index (χ1n) is 4.92. The smallest absolute Gasteiger partial charge is 0.0633 e. The third-order valence-corrected chi connectivity index (χ3v) is 3.30. The van der Waals surface area contributed by atoms with Gasteiger partial charge in [0.15, 0.2) is 0 Å². The first-order valence-corrected chi connectivity index (χ1v) is 4.92. The highest BCUT2D eigenvalue weighted by Gasteiger charge is 2.39. The van der Waals surface area contributed by atoms with E-state index in [1.807, 2.05) is 6.20 Å². The molecule has 3 atom stereocenters. The van der Waals surface area contributed by atoms with Crippen molar-refractivity contribution in [3.8, 4) is 0 Å². The summed E-state index contributed by atoms with van der Waals surface area (Å²) in [6, 6.07) is 0. The Morgan fingerprint density at radius 3 is 2.92 bits per heavy atom. The summed E-state index contributed by atoms with van der Waals surface area (Å²) in [6.07, 6.45) is 6.82. The van der Waals surface area contributed by atoms with Gasteiger partial charge in [0.1, 0.15) is 0 Å². The molecule has 3 nitrogen and oxygen atoms in total. The molecule has 0 N–H and O–H groups in total. The average Bonchev–Trinajstić information content (AvgIpc) is 2.80. The predicted octanol–water partition coefficient (Wildman–Crippen LogP) is 0.896. The van der Waals surface area contributed by atoms with Crippen LogP contribution in [0, 0.1) is 5.92 Å². The molecule has 2 fully saturated rings. The summed E-state index contributed by atoms with van der Waals surface area (Å²) in [6.45, 7) is 3.77. The van der Waals surface area contributed by atoms with E-state index in [-0.39, 0.29) is 0 Å². The monoisotopic (exact) mass is 175 g/mol. The molecule has 2 aliphatic heterocycles. The van der Waals surface area contributed by atoms with Crippen molar-refractivity contribution >= 4 is 0 Å². The molecule has 0 aromatic carbocycles. The highest BCUT2D eigenvalue weighted by atomic mass is 15.2. The largest absolute Gasteiger partial charge is 0.302 e. The third-order valence-electron chi connectivity index (χ3n) is 3.30. The van der Waals surface area contributed by atoms with Crippen LogP contribution >= 0.6 is 0 Å². The molecule has 0 radical (unpaired) electrons. The Bertz CT molecular complexity index is 298. The summed E-state index contributed by atoms with van der Waals surface area (Å²) in [5, 5.41) is 0. The lowest BCUT2D eigenvalue weighted by Crippen LogP contribution is -2.22. The number of hydrogen-bond acceptors (Lipinski definition) is 3. The van der Waals surface area contributed by atoms with Crippen molar-refractivity contribution in [3.63, 3.8) is 0 Å². The van der Waals surface area contributed by atoms with E-state index in [2.05, 4.69) is 14.9 Å². The molecule has 2 bridgehead atoms. The molecule has 0 saturated carbocycles. The molecular formula is C10H13N3. The first kappa shape index (κ1) is 7.44. The van der Waals surface area contributed by atoms with Gasteiger partial charge < -0.3 is 4.90 Å². The lowest BCUT2D eigenvalue weighted by atomic mass is 9.90. The van der Waals surface area contributed by atoms with Crippen LogP contribution in [0.25, 0.3) is 0 Å². The van der Waals surface area contributed by atoms with Gasteiger partial charge in [-0.15, -0.1) is 0 Å². The topological polar surface area (TPSA) is 29.0 Å². The van der Waals surface area contributed by atoms with E-state index in [1.54, 1.807) is 12.4 Å². The van der Waals surface area contributed by atoms with E-state index in [4.69, 9.17) is 0 Å². The number of aromatic nitrogens is 2. The minimum absolute atomic E-state index is 0.655. The van der Waals surface area contributed by atoms with E-state index < -0.39 is 0 Å². The maximum absolute atomic E-state index is 4.39. The van der Waals surface area contributed by atoms with Crippen molar-refractivity contribution in [1.82, 2.24) is 14.9 Å². The molecule has 0 aliphatic carbocycles. The van der Waals surface area contributed by atoms with Crippen LogP contribution < -0.4 is 0 Å². The zero-order valence-electron chi connectivity index (χ0n) is 7.56. The van der Waals surface area contributed by atoms with Crippen molar-refractivity contribution in [3.05, 3.63) is 24.3 Å². The lowest BCUT2D eigenvalue weighted by Gasteiger charge is -2.20. The van der Waals surface area contributed by atoms with Gasteiger partial charge in [0.2, 0.25) is 0 Å². The van der Waals surface area contributed by atoms with Crippen LogP contribution in [0.3, 0.4) is 0 Å². The highest BCUT2D eigenvalue weighted by Crippen LogP contribution is 2.38.